The Labute approximate surface area is 157 Å². The van der Waals surface area contributed by atoms with Gasteiger partial charge in [0.1, 0.15) is 18.1 Å². The van der Waals surface area contributed by atoms with E-state index < -0.39 is 24.3 Å². The summed E-state index contributed by atoms with van der Waals surface area (Å²) >= 11 is 0. The molecule has 0 spiro atoms. The van der Waals surface area contributed by atoms with Crippen LogP contribution in [0.15, 0.2) is 41.1 Å². The molecule has 28 heavy (non-hydrogen) atoms. The van der Waals surface area contributed by atoms with Gasteiger partial charge in [-0.2, -0.15) is 13.8 Å². The number of pyridine rings is 1. The lowest BCUT2D eigenvalue weighted by atomic mass is 10.1. The molecule has 0 fully saturated rings. The molecule has 0 radical (unpaired) electrons. The van der Waals surface area contributed by atoms with Crippen LogP contribution in [0.1, 0.15) is 40.0 Å². The third-order valence-corrected chi connectivity index (χ3v) is 4.23. The fourth-order valence-corrected chi connectivity index (χ4v) is 2.84. The van der Waals surface area contributed by atoms with Crippen LogP contribution in [0.25, 0.3) is 11.4 Å². The number of nitrogens with one attached hydrogen (secondary N) is 1. The van der Waals surface area contributed by atoms with Crippen molar-refractivity contribution in [2.24, 2.45) is 0 Å². The second-order valence-corrected chi connectivity index (χ2v) is 6.05. The minimum absolute atomic E-state index is 0.0270. The van der Waals surface area contributed by atoms with E-state index in [9.17, 15) is 18.7 Å². The van der Waals surface area contributed by atoms with Crippen LogP contribution >= 0.6 is 0 Å². The fraction of sp³-hybridized carbons (Fsp3) is 0.222. The molecule has 1 unspecified atom stereocenters. The van der Waals surface area contributed by atoms with E-state index in [1.165, 1.54) is 12.3 Å². The van der Waals surface area contributed by atoms with Crippen LogP contribution in [0.5, 0.6) is 5.75 Å². The summed E-state index contributed by atoms with van der Waals surface area (Å²) in [5, 5.41) is 15.5. The first-order valence-electron chi connectivity index (χ1n) is 8.30. The van der Waals surface area contributed by atoms with E-state index in [2.05, 4.69) is 25.0 Å². The Bertz CT molecular complexity index is 1020. The fourth-order valence-electron chi connectivity index (χ4n) is 2.84. The maximum absolute atomic E-state index is 12.6. The van der Waals surface area contributed by atoms with Gasteiger partial charge >= 0.3 is 6.43 Å². The molecule has 144 valence electrons. The molecule has 1 aliphatic rings. The Hall–Kier alpha value is -3.40. The van der Waals surface area contributed by atoms with Crippen molar-refractivity contribution in [2.75, 3.05) is 6.61 Å². The number of fused-ring (bicyclic) bond motifs is 1. The largest absolute Gasteiger partial charge is 0.491 e. The number of halogens is 2. The van der Waals surface area contributed by atoms with Crippen molar-refractivity contribution in [3.63, 3.8) is 0 Å². The standard InChI is InChI=1S/C18H14F2N4O4/c19-15(20)18-23-16(24-28-18)10-1-2-11-13(8-27-14(11)6-10)22-17(26)12-5-9(7-25)3-4-21-12/h1-6,13,15,25H,7-8H2,(H,22,26). The third-order valence-electron chi connectivity index (χ3n) is 4.23. The van der Waals surface area contributed by atoms with E-state index in [0.717, 1.165) is 5.56 Å². The third kappa shape index (κ3) is 3.41. The minimum Gasteiger partial charge on any atom is -0.491 e. The van der Waals surface area contributed by atoms with Gasteiger partial charge in [-0.05, 0) is 23.8 Å². The van der Waals surface area contributed by atoms with E-state index in [1.807, 2.05) is 0 Å². The number of aliphatic hydroxyl groups excluding tert-OH is 1. The molecule has 1 aliphatic heterocycles. The van der Waals surface area contributed by atoms with Gasteiger partial charge in [0.2, 0.25) is 5.82 Å². The molecule has 8 nitrogen and oxygen atoms in total. The Morgan fingerprint density at radius 1 is 1.32 bits per heavy atom. The summed E-state index contributed by atoms with van der Waals surface area (Å²) in [4.78, 5) is 20.1. The van der Waals surface area contributed by atoms with E-state index >= 15 is 0 Å². The van der Waals surface area contributed by atoms with Gasteiger partial charge in [-0.15, -0.1) is 0 Å². The van der Waals surface area contributed by atoms with Gasteiger partial charge in [0.15, 0.2) is 0 Å². The van der Waals surface area contributed by atoms with Crippen molar-refractivity contribution in [3.8, 4) is 17.1 Å². The lowest BCUT2D eigenvalue weighted by Crippen LogP contribution is -2.30. The average molecular weight is 388 g/mol. The maximum atomic E-state index is 12.6. The van der Waals surface area contributed by atoms with Crippen LogP contribution in [0, 0.1) is 0 Å². The number of aromatic nitrogens is 3. The van der Waals surface area contributed by atoms with Gasteiger partial charge in [0.25, 0.3) is 11.8 Å². The van der Waals surface area contributed by atoms with Crippen molar-refractivity contribution in [1.82, 2.24) is 20.4 Å². The highest BCUT2D eigenvalue weighted by Gasteiger charge is 2.27. The Morgan fingerprint density at radius 3 is 2.93 bits per heavy atom. The number of alkyl halides is 2. The van der Waals surface area contributed by atoms with Crippen LogP contribution in [0.3, 0.4) is 0 Å². The highest BCUT2D eigenvalue weighted by molar-refractivity contribution is 5.92. The molecular formula is C18H14F2N4O4. The normalized spacial score (nSPS) is 15.4. The molecule has 2 N–H and O–H groups in total. The zero-order chi connectivity index (χ0) is 19.7. The second kappa shape index (κ2) is 7.31. The molecule has 1 atom stereocenters. The summed E-state index contributed by atoms with van der Waals surface area (Å²) in [6.07, 6.45) is -1.39. The number of carbonyl (C=O) groups excluding carboxylic acids is 1. The molecule has 3 heterocycles. The van der Waals surface area contributed by atoms with Gasteiger partial charge in [0.05, 0.1) is 12.6 Å². The first kappa shape index (κ1) is 18.0. The molecular weight excluding hydrogens is 374 g/mol. The van der Waals surface area contributed by atoms with Gasteiger partial charge in [0, 0.05) is 17.3 Å². The molecule has 3 aromatic rings. The van der Waals surface area contributed by atoms with Crippen LogP contribution in [0.2, 0.25) is 0 Å². The SMILES string of the molecule is O=C(NC1COc2cc(-c3noc(C(F)F)n3)ccc21)c1cc(CO)ccn1. The minimum atomic E-state index is -2.84. The second-order valence-electron chi connectivity index (χ2n) is 6.05. The van der Waals surface area contributed by atoms with Crippen molar-refractivity contribution in [1.29, 1.82) is 0 Å². The first-order valence-corrected chi connectivity index (χ1v) is 8.30. The summed E-state index contributed by atoms with van der Waals surface area (Å²) in [6, 6.07) is 7.66. The monoisotopic (exact) mass is 388 g/mol. The zero-order valence-electron chi connectivity index (χ0n) is 14.3. The lowest BCUT2D eigenvalue weighted by molar-refractivity contribution is 0.0925. The zero-order valence-corrected chi connectivity index (χ0v) is 14.3. The summed E-state index contributed by atoms with van der Waals surface area (Å²) in [5.74, 6) is -0.637. The molecule has 0 saturated carbocycles. The summed E-state index contributed by atoms with van der Waals surface area (Å²) in [5.41, 5.74) is 1.95. The first-order chi connectivity index (χ1) is 13.5. The van der Waals surface area contributed by atoms with Crippen molar-refractivity contribution < 1.29 is 27.9 Å². The quantitative estimate of drug-likeness (QED) is 0.691. The summed E-state index contributed by atoms with van der Waals surface area (Å²) in [7, 11) is 0. The van der Waals surface area contributed by atoms with E-state index in [1.54, 1.807) is 24.3 Å². The molecule has 1 aromatic carbocycles. The van der Waals surface area contributed by atoms with Crippen molar-refractivity contribution in [2.45, 2.75) is 19.1 Å². The van der Waals surface area contributed by atoms with Gasteiger partial charge in [-0.1, -0.05) is 17.3 Å². The van der Waals surface area contributed by atoms with Crippen LogP contribution in [0.4, 0.5) is 8.78 Å². The molecule has 2 aromatic heterocycles. The highest BCUT2D eigenvalue weighted by atomic mass is 19.3. The topological polar surface area (TPSA) is 110 Å². The molecule has 0 aliphatic carbocycles. The number of nitrogens with zero attached hydrogens (tertiary/aromatic N) is 3. The van der Waals surface area contributed by atoms with Crippen molar-refractivity contribution in [3.05, 3.63) is 59.2 Å². The summed E-state index contributed by atoms with van der Waals surface area (Å²) < 4.78 is 35.3. The molecule has 10 heteroatoms. The highest BCUT2D eigenvalue weighted by Crippen LogP contribution is 2.35. The number of ether oxygens (including phenoxy) is 1. The molecule has 1 amide bonds. The van der Waals surface area contributed by atoms with Crippen LogP contribution in [-0.4, -0.2) is 32.7 Å². The number of benzene rings is 1. The smallest absolute Gasteiger partial charge is 0.315 e. The van der Waals surface area contributed by atoms with E-state index in [0.29, 0.717) is 16.9 Å². The van der Waals surface area contributed by atoms with Crippen LogP contribution < -0.4 is 10.1 Å². The van der Waals surface area contributed by atoms with E-state index in [-0.39, 0.29) is 24.7 Å². The Kier molecular flexibility index (Phi) is 4.70. The molecule has 0 bridgehead atoms. The number of rotatable bonds is 5. The number of aliphatic hydroxyl groups is 1. The van der Waals surface area contributed by atoms with Crippen LogP contribution in [-0.2, 0) is 6.61 Å². The average Bonchev–Trinajstić information content (AvgIpc) is 3.35. The Balaban J connectivity index is 1.52. The van der Waals surface area contributed by atoms with Gasteiger partial charge in [-0.25, -0.2) is 0 Å². The van der Waals surface area contributed by atoms with Crippen molar-refractivity contribution >= 4 is 5.91 Å². The van der Waals surface area contributed by atoms with E-state index in [4.69, 9.17) is 4.74 Å². The molecule has 4 rings (SSSR count). The predicted octanol–water partition coefficient (Wildman–Crippen LogP) is 2.42. The predicted molar refractivity (Wildman–Crippen MR) is 90.6 cm³/mol. The number of hydrogen-bond acceptors (Lipinski definition) is 7. The van der Waals surface area contributed by atoms with Gasteiger partial charge < -0.3 is 19.7 Å². The Morgan fingerprint density at radius 2 is 2.18 bits per heavy atom. The molecule has 0 saturated heterocycles. The maximum Gasteiger partial charge on any atom is 0.315 e. The number of carbonyl (C=O) groups is 1. The summed E-state index contributed by atoms with van der Waals surface area (Å²) in [6.45, 7) is 0.0169. The number of hydrogen-bond donors (Lipinski definition) is 2. The van der Waals surface area contributed by atoms with Gasteiger partial charge in [-0.3, -0.25) is 9.78 Å². The number of amides is 1. The lowest BCUT2D eigenvalue weighted by Gasteiger charge is -2.11.